The van der Waals surface area contributed by atoms with E-state index in [4.69, 9.17) is 9.47 Å². The maximum Gasteiger partial charge on any atom is 0.310 e. The molecule has 0 atom stereocenters. The second kappa shape index (κ2) is 8.80. The minimum absolute atomic E-state index is 0.0209. The first kappa shape index (κ1) is 19.2. The highest BCUT2D eigenvalue weighted by molar-refractivity contribution is 5.94. The molecule has 136 valence electrons. The maximum atomic E-state index is 12.1. The quantitative estimate of drug-likeness (QED) is 0.609. The molecule has 0 aliphatic rings. The molecule has 1 amide bonds. The van der Waals surface area contributed by atoms with Crippen LogP contribution in [0.25, 0.3) is 0 Å². The fourth-order valence-electron chi connectivity index (χ4n) is 2.40. The number of carbonyl (C=O) groups is 3. The maximum absolute atomic E-state index is 12.1. The Labute approximate surface area is 152 Å². The monoisotopic (exact) mass is 355 g/mol. The van der Waals surface area contributed by atoms with E-state index in [2.05, 4.69) is 5.32 Å². The second-order valence-electron chi connectivity index (χ2n) is 5.80. The third-order valence-corrected chi connectivity index (χ3v) is 3.70. The van der Waals surface area contributed by atoms with Gasteiger partial charge in [-0.2, -0.15) is 0 Å². The van der Waals surface area contributed by atoms with E-state index in [9.17, 15) is 14.4 Å². The highest BCUT2D eigenvalue weighted by atomic mass is 16.5. The molecule has 0 bridgehead atoms. The van der Waals surface area contributed by atoms with Crippen LogP contribution < -0.4 is 10.1 Å². The number of methoxy groups -OCH3 is 1. The van der Waals surface area contributed by atoms with Gasteiger partial charge in [-0.1, -0.05) is 12.1 Å². The van der Waals surface area contributed by atoms with Crippen molar-refractivity contribution in [3.8, 4) is 5.75 Å². The first-order valence-electron chi connectivity index (χ1n) is 8.09. The normalized spacial score (nSPS) is 10.1. The average Bonchev–Trinajstić information content (AvgIpc) is 2.60. The van der Waals surface area contributed by atoms with Crippen LogP contribution in [0.4, 0.5) is 5.69 Å². The first-order chi connectivity index (χ1) is 12.4. The van der Waals surface area contributed by atoms with E-state index in [0.717, 1.165) is 5.56 Å². The van der Waals surface area contributed by atoms with Crippen molar-refractivity contribution in [3.05, 3.63) is 59.2 Å². The predicted molar refractivity (Wildman–Crippen MR) is 97.2 cm³/mol. The zero-order valence-electron chi connectivity index (χ0n) is 15.0. The summed E-state index contributed by atoms with van der Waals surface area (Å²) in [5, 5.41) is 2.66. The Morgan fingerprint density at radius 2 is 1.69 bits per heavy atom. The third-order valence-electron chi connectivity index (χ3n) is 3.70. The molecule has 0 heterocycles. The molecule has 6 heteroatoms. The van der Waals surface area contributed by atoms with E-state index >= 15 is 0 Å². The second-order valence-corrected chi connectivity index (χ2v) is 5.80. The number of amides is 1. The highest BCUT2D eigenvalue weighted by Gasteiger charge is 2.11. The smallest absolute Gasteiger partial charge is 0.310 e. The summed E-state index contributed by atoms with van der Waals surface area (Å²) in [7, 11) is 1.52. The fourth-order valence-corrected chi connectivity index (χ4v) is 2.40. The highest BCUT2D eigenvalue weighted by Crippen LogP contribution is 2.21. The number of carbonyl (C=O) groups excluding carboxylic acids is 3. The van der Waals surface area contributed by atoms with E-state index in [1.54, 1.807) is 42.5 Å². The summed E-state index contributed by atoms with van der Waals surface area (Å²) in [5.41, 5.74) is 2.61. The van der Waals surface area contributed by atoms with Crippen molar-refractivity contribution in [3.63, 3.8) is 0 Å². The Morgan fingerprint density at radius 3 is 2.27 bits per heavy atom. The largest absolute Gasteiger partial charge is 0.496 e. The van der Waals surface area contributed by atoms with Crippen LogP contribution in [0.15, 0.2) is 42.5 Å². The van der Waals surface area contributed by atoms with Crippen LogP contribution in [0.5, 0.6) is 5.75 Å². The molecule has 0 aliphatic heterocycles. The number of nitrogens with one attached hydrogen (secondary N) is 1. The van der Waals surface area contributed by atoms with Crippen LogP contribution in [-0.4, -0.2) is 24.8 Å². The molecule has 0 saturated carbocycles. The molecule has 0 aliphatic carbocycles. The summed E-state index contributed by atoms with van der Waals surface area (Å²) in [6.45, 7) is 2.93. The summed E-state index contributed by atoms with van der Waals surface area (Å²) >= 11 is 0. The van der Waals surface area contributed by atoms with E-state index in [-0.39, 0.29) is 24.7 Å². The Balaban J connectivity index is 1.97. The van der Waals surface area contributed by atoms with Crippen molar-refractivity contribution >= 4 is 23.3 Å². The summed E-state index contributed by atoms with van der Waals surface area (Å²) in [6, 6.07) is 12.0. The van der Waals surface area contributed by atoms with Gasteiger partial charge in [0.2, 0.25) is 5.91 Å². The van der Waals surface area contributed by atoms with E-state index in [0.29, 0.717) is 22.6 Å². The molecule has 26 heavy (non-hydrogen) atoms. The molecule has 0 fully saturated rings. The SMILES string of the molecule is COc1ccc(C(C)=O)cc1COC(=O)Cc1ccc(NC(C)=O)cc1. The van der Waals surface area contributed by atoms with Crippen LogP contribution in [0.1, 0.15) is 35.3 Å². The summed E-state index contributed by atoms with van der Waals surface area (Å²) < 4.78 is 10.5. The number of rotatable bonds is 7. The number of esters is 1. The zero-order valence-corrected chi connectivity index (χ0v) is 15.0. The Kier molecular flexibility index (Phi) is 6.49. The van der Waals surface area contributed by atoms with Gasteiger partial charge in [-0.25, -0.2) is 0 Å². The van der Waals surface area contributed by atoms with E-state index < -0.39 is 5.97 Å². The van der Waals surface area contributed by atoms with Gasteiger partial charge in [0.25, 0.3) is 0 Å². The standard InChI is InChI=1S/C20H21NO5/c1-13(22)16-6-9-19(25-3)17(11-16)12-26-20(24)10-15-4-7-18(8-5-15)21-14(2)23/h4-9,11H,10,12H2,1-3H3,(H,21,23). The van der Waals surface area contributed by atoms with Gasteiger partial charge < -0.3 is 14.8 Å². The molecule has 0 aromatic heterocycles. The van der Waals surface area contributed by atoms with Crippen LogP contribution in [0.3, 0.4) is 0 Å². The molecule has 2 aromatic rings. The molecule has 2 aromatic carbocycles. The number of Topliss-reactive ketones (excluding diaryl/α,β-unsaturated/α-hetero) is 1. The van der Waals surface area contributed by atoms with Crippen molar-refractivity contribution in [1.82, 2.24) is 0 Å². The minimum Gasteiger partial charge on any atom is -0.496 e. The lowest BCUT2D eigenvalue weighted by Gasteiger charge is -2.11. The van der Waals surface area contributed by atoms with Gasteiger partial charge in [0, 0.05) is 23.7 Å². The van der Waals surface area contributed by atoms with Gasteiger partial charge in [0.1, 0.15) is 12.4 Å². The van der Waals surface area contributed by atoms with Crippen molar-refractivity contribution < 1.29 is 23.9 Å². The van der Waals surface area contributed by atoms with E-state index in [1.165, 1.54) is 21.0 Å². The summed E-state index contributed by atoms with van der Waals surface area (Å²) in [6.07, 6.45) is 0.106. The number of ether oxygens (including phenoxy) is 2. The minimum atomic E-state index is -0.396. The molecule has 0 radical (unpaired) electrons. The van der Waals surface area contributed by atoms with E-state index in [1.807, 2.05) is 0 Å². The lowest BCUT2D eigenvalue weighted by molar-refractivity contribution is -0.144. The number of anilines is 1. The van der Waals surface area contributed by atoms with Crippen molar-refractivity contribution in [1.29, 1.82) is 0 Å². The predicted octanol–water partition coefficient (Wildman–Crippen LogP) is 3.14. The van der Waals surface area contributed by atoms with Gasteiger partial charge in [-0.3, -0.25) is 14.4 Å². The van der Waals surface area contributed by atoms with Crippen LogP contribution in [0, 0.1) is 0 Å². The average molecular weight is 355 g/mol. The van der Waals surface area contributed by atoms with Crippen LogP contribution in [-0.2, 0) is 27.4 Å². The zero-order chi connectivity index (χ0) is 19.1. The number of hydrogen-bond acceptors (Lipinski definition) is 5. The molecular formula is C20H21NO5. The molecule has 0 unspecified atom stereocenters. The lowest BCUT2D eigenvalue weighted by Crippen LogP contribution is -2.09. The van der Waals surface area contributed by atoms with Crippen molar-refractivity contribution in [2.75, 3.05) is 12.4 Å². The molecule has 1 N–H and O–H groups in total. The van der Waals surface area contributed by atoms with Gasteiger partial charge in [-0.15, -0.1) is 0 Å². The Morgan fingerprint density at radius 1 is 1.00 bits per heavy atom. The summed E-state index contributed by atoms with van der Waals surface area (Å²) in [5.74, 6) is -0.0617. The number of benzene rings is 2. The number of ketones is 1. The molecular weight excluding hydrogens is 334 g/mol. The Bertz CT molecular complexity index is 811. The third kappa shape index (κ3) is 5.44. The summed E-state index contributed by atoms with van der Waals surface area (Å²) in [4.78, 5) is 34.6. The Hall–Kier alpha value is -3.15. The fraction of sp³-hybridized carbons (Fsp3) is 0.250. The molecule has 0 saturated heterocycles. The lowest BCUT2D eigenvalue weighted by atomic mass is 10.1. The van der Waals surface area contributed by atoms with Gasteiger partial charge in [0.15, 0.2) is 5.78 Å². The number of hydrogen-bond donors (Lipinski definition) is 1. The molecule has 0 spiro atoms. The van der Waals surface area contributed by atoms with Crippen LogP contribution in [0.2, 0.25) is 0 Å². The van der Waals surface area contributed by atoms with Crippen molar-refractivity contribution in [2.45, 2.75) is 26.9 Å². The first-order valence-corrected chi connectivity index (χ1v) is 8.09. The van der Waals surface area contributed by atoms with Gasteiger partial charge in [0.05, 0.1) is 13.5 Å². The van der Waals surface area contributed by atoms with Gasteiger partial charge in [-0.05, 0) is 42.8 Å². The van der Waals surface area contributed by atoms with Crippen LogP contribution >= 0.6 is 0 Å². The van der Waals surface area contributed by atoms with Gasteiger partial charge >= 0.3 is 5.97 Å². The van der Waals surface area contributed by atoms with Crippen molar-refractivity contribution in [2.24, 2.45) is 0 Å². The topological polar surface area (TPSA) is 81.7 Å². The molecule has 6 nitrogen and oxygen atoms in total. The molecule has 2 rings (SSSR count).